The van der Waals surface area contributed by atoms with Crippen molar-refractivity contribution in [3.05, 3.63) is 24.0 Å². The van der Waals surface area contributed by atoms with Crippen LogP contribution in [-0.2, 0) is 11.3 Å². The standard InChI is InChI=1S/C14H20N2O3/c17-13(18)10-16-9-5-8-12(16)14(19)15-11-6-3-1-2-4-7-11/h5,8-9,11H,1-4,6-7,10H2,(H,15,19)(H,17,18). The van der Waals surface area contributed by atoms with Gasteiger partial charge in [-0.3, -0.25) is 9.59 Å². The SMILES string of the molecule is O=C(O)Cn1cccc1C(=O)NC1CCCCCC1. The molecule has 1 aromatic rings. The van der Waals surface area contributed by atoms with Crippen LogP contribution in [0.1, 0.15) is 49.0 Å². The van der Waals surface area contributed by atoms with Crippen molar-refractivity contribution in [3.8, 4) is 0 Å². The Morgan fingerprint density at radius 1 is 1.26 bits per heavy atom. The highest BCUT2D eigenvalue weighted by Gasteiger charge is 2.18. The zero-order valence-electron chi connectivity index (χ0n) is 11.0. The molecule has 0 aromatic carbocycles. The summed E-state index contributed by atoms with van der Waals surface area (Å²) in [7, 11) is 0. The predicted molar refractivity (Wildman–Crippen MR) is 71.0 cm³/mol. The molecule has 5 nitrogen and oxygen atoms in total. The van der Waals surface area contributed by atoms with Gasteiger partial charge in [-0.05, 0) is 25.0 Å². The first-order valence-corrected chi connectivity index (χ1v) is 6.84. The van der Waals surface area contributed by atoms with Crippen LogP contribution in [0.2, 0.25) is 0 Å². The van der Waals surface area contributed by atoms with Crippen LogP contribution in [0.15, 0.2) is 18.3 Å². The number of rotatable bonds is 4. The second-order valence-corrected chi connectivity index (χ2v) is 5.08. The van der Waals surface area contributed by atoms with E-state index < -0.39 is 5.97 Å². The summed E-state index contributed by atoms with van der Waals surface area (Å²) in [6.07, 6.45) is 8.44. The molecule has 2 N–H and O–H groups in total. The van der Waals surface area contributed by atoms with Crippen LogP contribution in [0, 0.1) is 0 Å². The predicted octanol–water partition coefficient (Wildman–Crippen LogP) is 2.03. The van der Waals surface area contributed by atoms with Gasteiger partial charge in [0.05, 0.1) is 0 Å². The Bertz CT molecular complexity index is 445. The summed E-state index contributed by atoms with van der Waals surface area (Å²) >= 11 is 0. The van der Waals surface area contributed by atoms with Crippen molar-refractivity contribution in [1.29, 1.82) is 0 Å². The highest BCUT2D eigenvalue weighted by Crippen LogP contribution is 2.17. The summed E-state index contributed by atoms with van der Waals surface area (Å²) in [4.78, 5) is 22.9. The maximum atomic E-state index is 12.2. The fourth-order valence-corrected chi connectivity index (χ4v) is 2.59. The third kappa shape index (κ3) is 3.84. The molecule has 0 aliphatic heterocycles. The Morgan fingerprint density at radius 3 is 2.58 bits per heavy atom. The van der Waals surface area contributed by atoms with Gasteiger partial charge in [0.1, 0.15) is 12.2 Å². The molecular formula is C14H20N2O3. The summed E-state index contributed by atoms with van der Waals surface area (Å²) in [6.45, 7) is -0.180. The minimum atomic E-state index is -0.945. The number of nitrogens with zero attached hydrogens (tertiary/aromatic N) is 1. The number of amides is 1. The summed E-state index contributed by atoms with van der Waals surface area (Å²) < 4.78 is 1.47. The van der Waals surface area contributed by atoms with Gasteiger partial charge in [-0.2, -0.15) is 0 Å². The van der Waals surface area contributed by atoms with Crippen molar-refractivity contribution in [2.24, 2.45) is 0 Å². The zero-order chi connectivity index (χ0) is 13.7. The van der Waals surface area contributed by atoms with Crippen LogP contribution in [0.5, 0.6) is 0 Å². The van der Waals surface area contributed by atoms with E-state index >= 15 is 0 Å². The van der Waals surface area contributed by atoms with E-state index in [9.17, 15) is 9.59 Å². The lowest BCUT2D eigenvalue weighted by Crippen LogP contribution is -2.35. The Labute approximate surface area is 112 Å². The van der Waals surface area contributed by atoms with Crippen molar-refractivity contribution in [2.45, 2.75) is 51.1 Å². The lowest BCUT2D eigenvalue weighted by molar-refractivity contribution is -0.137. The van der Waals surface area contributed by atoms with Crippen molar-refractivity contribution in [2.75, 3.05) is 0 Å². The van der Waals surface area contributed by atoms with E-state index in [-0.39, 0.29) is 18.5 Å². The normalized spacial score (nSPS) is 16.8. The summed E-state index contributed by atoms with van der Waals surface area (Å²) in [6, 6.07) is 3.59. The lowest BCUT2D eigenvalue weighted by Gasteiger charge is -2.16. The molecule has 5 heteroatoms. The van der Waals surface area contributed by atoms with Gasteiger partial charge in [-0.25, -0.2) is 0 Å². The largest absolute Gasteiger partial charge is 0.480 e. The Kier molecular flexibility index (Phi) is 4.60. The van der Waals surface area contributed by atoms with E-state index in [4.69, 9.17) is 5.11 Å². The molecule has 0 atom stereocenters. The van der Waals surface area contributed by atoms with Crippen molar-refractivity contribution in [1.82, 2.24) is 9.88 Å². The van der Waals surface area contributed by atoms with Crippen LogP contribution >= 0.6 is 0 Å². The highest BCUT2D eigenvalue weighted by molar-refractivity contribution is 5.93. The molecule has 0 bridgehead atoms. The zero-order valence-corrected chi connectivity index (χ0v) is 11.0. The Hall–Kier alpha value is -1.78. The molecule has 0 spiro atoms. The van der Waals surface area contributed by atoms with Gasteiger partial charge in [0.2, 0.25) is 0 Å². The number of carbonyl (C=O) groups is 2. The van der Waals surface area contributed by atoms with Gasteiger partial charge >= 0.3 is 5.97 Å². The minimum absolute atomic E-state index is 0.168. The molecule has 0 unspecified atom stereocenters. The quantitative estimate of drug-likeness (QED) is 0.817. The maximum absolute atomic E-state index is 12.2. The average molecular weight is 264 g/mol. The van der Waals surface area contributed by atoms with Gasteiger partial charge in [-0.1, -0.05) is 25.7 Å². The maximum Gasteiger partial charge on any atom is 0.323 e. The number of aromatic nitrogens is 1. The topological polar surface area (TPSA) is 71.3 Å². The van der Waals surface area contributed by atoms with Gasteiger partial charge < -0.3 is 15.0 Å². The van der Waals surface area contributed by atoms with Crippen molar-refractivity contribution >= 4 is 11.9 Å². The van der Waals surface area contributed by atoms with Crippen molar-refractivity contribution in [3.63, 3.8) is 0 Å². The molecule has 1 fully saturated rings. The first-order chi connectivity index (χ1) is 9.16. The first-order valence-electron chi connectivity index (χ1n) is 6.84. The lowest BCUT2D eigenvalue weighted by atomic mass is 10.1. The number of carboxylic acid groups (broad SMARTS) is 1. The number of nitrogens with one attached hydrogen (secondary N) is 1. The summed E-state index contributed by atoms with van der Waals surface area (Å²) in [5.41, 5.74) is 0.423. The Morgan fingerprint density at radius 2 is 1.95 bits per heavy atom. The number of hydrogen-bond acceptors (Lipinski definition) is 2. The third-order valence-electron chi connectivity index (χ3n) is 3.56. The molecule has 1 heterocycles. The monoisotopic (exact) mass is 264 g/mol. The van der Waals surface area contributed by atoms with Gasteiger partial charge in [-0.15, -0.1) is 0 Å². The molecule has 19 heavy (non-hydrogen) atoms. The third-order valence-corrected chi connectivity index (χ3v) is 3.56. The average Bonchev–Trinajstić information content (AvgIpc) is 2.65. The van der Waals surface area contributed by atoms with Crippen LogP contribution < -0.4 is 5.32 Å². The van der Waals surface area contributed by atoms with E-state index in [1.165, 1.54) is 17.4 Å². The Balaban J connectivity index is 1.98. The molecule has 1 aromatic heterocycles. The van der Waals surface area contributed by atoms with Crippen LogP contribution in [0.25, 0.3) is 0 Å². The van der Waals surface area contributed by atoms with E-state index in [0.717, 1.165) is 25.7 Å². The van der Waals surface area contributed by atoms with Gasteiger partial charge in [0.15, 0.2) is 0 Å². The number of carboxylic acids is 1. The van der Waals surface area contributed by atoms with Crippen LogP contribution in [0.3, 0.4) is 0 Å². The fourth-order valence-electron chi connectivity index (χ4n) is 2.59. The van der Waals surface area contributed by atoms with Gasteiger partial charge in [0, 0.05) is 12.2 Å². The molecule has 2 rings (SSSR count). The first kappa shape index (κ1) is 13.6. The van der Waals surface area contributed by atoms with E-state index in [2.05, 4.69) is 5.32 Å². The summed E-state index contributed by atoms with van der Waals surface area (Å²) in [5, 5.41) is 11.8. The molecule has 0 saturated heterocycles. The minimum Gasteiger partial charge on any atom is -0.480 e. The fraction of sp³-hybridized carbons (Fsp3) is 0.571. The second-order valence-electron chi connectivity index (χ2n) is 5.08. The molecule has 1 aliphatic carbocycles. The van der Waals surface area contributed by atoms with Crippen LogP contribution in [0.4, 0.5) is 0 Å². The highest BCUT2D eigenvalue weighted by atomic mass is 16.4. The number of hydrogen-bond donors (Lipinski definition) is 2. The van der Waals surface area contributed by atoms with Gasteiger partial charge in [0.25, 0.3) is 5.91 Å². The molecule has 104 valence electrons. The van der Waals surface area contributed by atoms with Crippen molar-refractivity contribution < 1.29 is 14.7 Å². The smallest absolute Gasteiger partial charge is 0.323 e. The molecular weight excluding hydrogens is 244 g/mol. The number of aliphatic carboxylic acids is 1. The van der Waals surface area contributed by atoms with E-state index in [1.807, 2.05) is 0 Å². The molecule has 0 radical (unpaired) electrons. The van der Waals surface area contributed by atoms with E-state index in [1.54, 1.807) is 18.3 Å². The summed E-state index contributed by atoms with van der Waals surface area (Å²) in [5.74, 6) is -1.11. The number of carbonyl (C=O) groups excluding carboxylic acids is 1. The molecule has 1 saturated carbocycles. The van der Waals surface area contributed by atoms with Crippen LogP contribution in [-0.4, -0.2) is 27.6 Å². The van der Waals surface area contributed by atoms with E-state index in [0.29, 0.717) is 5.69 Å². The molecule has 1 aliphatic rings. The molecule has 1 amide bonds. The second kappa shape index (κ2) is 6.41.